The minimum absolute atomic E-state index is 0.683. The van der Waals surface area contributed by atoms with Crippen LogP contribution in [0.4, 0.5) is 11.5 Å². The molecule has 0 aliphatic carbocycles. The number of aryl methyl sites for hydroxylation is 3. The third-order valence-corrected chi connectivity index (χ3v) is 5.79. The summed E-state index contributed by atoms with van der Waals surface area (Å²) in [6, 6.07) is 12.1. The van der Waals surface area contributed by atoms with E-state index < -0.39 is 0 Å². The molecule has 0 atom stereocenters. The Morgan fingerprint density at radius 2 is 1.79 bits per heavy atom. The van der Waals surface area contributed by atoms with E-state index in [-0.39, 0.29) is 0 Å². The van der Waals surface area contributed by atoms with Crippen LogP contribution in [0.2, 0.25) is 5.02 Å². The van der Waals surface area contributed by atoms with Crippen LogP contribution in [0.3, 0.4) is 0 Å². The quantitative estimate of drug-likeness (QED) is 0.408. The summed E-state index contributed by atoms with van der Waals surface area (Å²) >= 11 is 8.14. The van der Waals surface area contributed by atoms with Crippen LogP contribution in [0.25, 0.3) is 21.3 Å². The van der Waals surface area contributed by atoms with Crippen molar-refractivity contribution < 1.29 is 4.74 Å². The standard InChI is InChI=1S/C22H20ClN3OS/c1-12-9-13(2)20(18(23)10-12)26-21-19-17(11-28-22(19)25-14(3)24-21)15-5-7-16(27-4)8-6-15/h5-11H,1-4H3,(H,24,25,26). The number of benzene rings is 2. The molecule has 0 spiro atoms. The van der Waals surface area contributed by atoms with Gasteiger partial charge in [-0.1, -0.05) is 29.8 Å². The number of hydrogen-bond acceptors (Lipinski definition) is 5. The maximum Gasteiger partial charge on any atom is 0.143 e. The molecule has 0 bridgehead atoms. The van der Waals surface area contributed by atoms with Gasteiger partial charge < -0.3 is 10.1 Å². The maximum atomic E-state index is 6.52. The minimum Gasteiger partial charge on any atom is -0.497 e. The molecule has 0 unspecified atom stereocenters. The Labute approximate surface area is 173 Å². The van der Waals surface area contributed by atoms with Crippen molar-refractivity contribution in [2.24, 2.45) is 0 Å². The molecule has 4 aromatic rings. The number of fused-ring (bicyclic) bond motifs is 1. The zero-order valence-electron chi connectivity index (χ0n) is 16.1. The Morgan fingerprint density at radius 1 is 1.04 bits per heavy atom. The van der Waals surface area contributed by atoms with Gasteiger partial charge in [0.1, 0.15) is 22.2 Å². The average Bonchev–Trinajstić information content (AvgIpc) is 3.08. The molecule has 0 amide bonds. The number of rotatable bonds is 4. The molecule has 0 saturated heterocycles. The fourth-order valence-corrected chi connectivity index (χ4v) is 4.68. The van der Waals surface area contributed by atoms with E-state index in [9.17, 15) is 0 Å². The Kier molecular flexibility index (Phi) is 4.96. The molecule has 6 heteroatoms. The van der Waals surface area contributed by atoms with E-state index in [0.29, 0.717) is 5.02 Å². The van der Waals surface area contributed by atoms with E-state index in [1.54, 1.807) is 18.4 Å². The predicted molar refractivity (Wildman–Crippen MR) is 118 cm³/mol. The van der Waals surface area contributed by atoms with Crippen LogP contribution < -0.4 is 10.1 Å². The number of ether oxygens (including phenoxy) is 1. The minimum atomic E-state index is 0.683. The van der Waals surface area contributed by atoms with E-state index in [1.165, 1.54) is 0 Å². The van der Waals surface area contributed by atoms with Crippen LogP contribution >= 0.6 is 22.9 Å². The molecule has 28 heavy (non-hydrogen) atoms. The Balaban J connectivity index is 1.87. The van der Waals surface area contributed by atoms with Crippen molar-refractivity contribution >= 4 is 44.7 Å². The molecule has 0 saturated carbocycles. The Morgan fingerprint density at radius 3 is 2.46 bits per heavy atom. The summed E-state index contributed by atoms with van der Waals surface area (Å²) in [4.78, 5) is 10.3. The van der Waals surface area contributed by atoms with Gasteiger partial charge in [-0.15, -0.1) is 11.3 Å². The van der Waals surface area contributed by atoms with Crippen LogP contribution in [0.1, 0.15) is 17.0 Å². The highest BCUT2D eigenvalue weighted by molar-refractivity contribution is 7.17. The van der Waals surface area contributed by atoms with Gasteiger partial charge in [0, 0.05) is 10.9 Å². The Bertz CT molecular complexity index is 1150. The second-order valence-corrected chi connectivity index (χ2v) is 8.01. The number of hydrogen-bond donors (Lipinski definition) is 1. The first-order valence-corrected chi connectivity index (χ1v) is 10.2. The molecule has 0 aliphatic heterocycles. The lowest BCUT2D eigenvalue weighted by Crippen LogP contribution is -2.01. The second kappa shape index (κ2) is 7.41. The second-order valence-electron chi connectivity index (χ2n) is 6.74. The fraction of sp³-hybridized carbons (Fsp3) is 0.182. The Hall–Kier alpha value is -2.63. The van der Waals surface area contributed by atoms with Gasteiger partial charge >= 0.3 is 0 Å². The molecule has 0 aliphatic rings. The maximum absolute atomic E-state index is 6.52. The largest absolute Gasteiger partial charge is 0.497 e. The molecule has 0 radical (unpaired) electrons. The van der Waals surface area contributed by atoms with Gasteiger partial charge in [0.2, 0.25) is 0 Å². The van der Waals surface area contributed by atoms with Crippen LogP contribution in [-0.2, 0) is 0 Å². The normalized spacial score (nSPS) is 11.0. The van der Waals surface area contributed by atoms with Crippen molar-refractivity contribution in [3.8, 4) is 16.9 Å². The average molecular weight is 410 g/mol. The smallest absolute Gasteiger partial charge is 0.143 e. The molecule has 4 rings (SSSR count). The molecule has 1 N–H and O–H groups in total. The molecule has 142 valence electrons. The monoisotopic (exact) mass is 409 g/mol. The van der Waals surface area contributed by atoms with Crippen LogP contribution in [-0.4, -0.2) is 17.1 Å². The van der Waals surface area contributed by atoms with Crippen molar-refractivity contribution in [3.05, 3.63) is 63.8 Å². The van der Waals surface area contributed by atoms with Crippen molar-refractivity contribution in [2.75, 3.05) is 12.4 Å². The number of anilines is 2. The molecular weight excluding hydrogens is 390 g/mol. The topological polar surface area (TPSA) is 47.0 Å². The number of halogens is 1. The third-order valence-electron chi connectivity index (χ3n) is 4.62. The summed E-state index contributed by atoms with van der Waals surface area (Å²) in [5.41, 5.74) is 5.26. The SMILES string of the molecule is COc1ccc(-c2csc3nc(C)nc(Nc4c(C)cc(C)cc4Cl)c23)cc1. The van der Waals surface area contributed by atoms with Crippen molar-refractivity contribution in [1.82, 2.24) is 9.97 Å². The van der Waals surface area contributed by atoms with E-state index in [0.717, 1.165) is 55.5 Å². The third kappa shape index (κ3) is 3.43. The summed E-state index contributed by atoms with van der Waals surface area (Å²) in [5.74, 6) is 2.32. The van der Waals surface area contributed by atoms with Gasteiger partial charge in [-0.3, -0.25) is 0 Å². The lowest BCUT2D eigenvalue weighted by molar-refractivity contribution is 0.415. The predicted octanol–water partition coefficient (Wildman–Crippen LogP) is 6.69. The zero-order valence-corrected chi connectivity index (χ0v) is 17.7. The van der Waals surface area contributed by atoms with E-state index in [4.69, 9.17) is 21.3 Å². The summed E-state index contributed by atoms with van der Waals surface area (Å²) in [6.45, 7) is 5.99. The van der Waals surface area contributed by atoms with E-state index >= 15 is 0 Å². The first-order valence-electron chi connectivity index (χ1n) is 8.90. The molecule has 2 aromatic carbocycles. The molecular formula is C22H20ClN3OS. The fourth-order valence-electron chi connectivity index (χ4n) is 3.31. The lowest BCUT2D eigenvalue weighted by Gasteiger charge is -2.14. The summed E-state index contributed by atoms with van der Waals surface area (Å²) < 4.78 is 5.28. The number of nitrogens with one attached hydrogen (secondary N) is 1. The van der Waals surface area contributed by atoms with E-state index in [2.05, 4.69) is 21.7 Å². The number of methoxy groups -OCH3 is 1. The molecule has 4 nitrogen and oxygen atoms in total. The van der Waals surface area contributed by atoms with Gasteiger partial charge in [-0.05, 0) is 55.7 Å². The number of nitrogens with zero attached hydrogens (tertiary/aromatic N) is 2. The first kappa shape index (κ1) is 18.7. The van der Waals surface area contributed by atoms with Crippen molar-refractivity contribution in [3.63, 3.8) is 0 Å². The van der Waals surface area contributed by atoms with Gasteiger partial charge in [-0.2, -0.15) is 0 Å². The van der Waals surface area contributed by atoms with Gasteiger partial charge in [0.25, 0.3) is 0 Å². The highest BCUT2D eigenvalue weighted by Gasteiger charge is 2.16. The summed E-state index contributed by atoms with van der Waals surface area (Å²) in [5, 5.41) is 7.27. The first-order chi connectivity index (χ1) is 13.5. The van der Waals surface area contributed by atoms with Crippen molar-refractivity contribution in [1.29, 1.82) is 0 Å². The van der Waals surface area contributed by atoms with Gasteiger partial charge in [0.15, 0.2) is 0 Å². The molecule has 0 fully saturated rings. The van der Waals surface area contributed by atoms with Crippen LogP contribution in [0, 0.1) is 20.8 Å². The van der Waals surface area contributed by atoms with Gasteiger partial charge in [0.05, 0.1) is 23.2 Å². The highest BCUT2D eigenvalue weighted by Crippen LogP contribution is 2.39. The van der Waals surface area contributed by atoms with Gasteiger partial charge in [-0.25, -0.2) is 9.97 Å². The molecule has 2 heterocycles. The number of thiophene rings is 1. The van der Waals surface area contributed by atoms with Crippen LogP contribution in [0.15, 0.2) is 41.8 Å². The number of aromatic nitrogens is 2. The van der Waals surface area contributed by atoms with Crippen LogP contribution in [0.5, 0.6) is 5.75 Å². The molecule has 2 aromatic heterocycles. The summed E-state index contributed by atoms with van der Waals surface area (Å²) in [7, 11) is 1.67. The summed E-state index contributed by atoms with van der Waals surface area (Å²) in [6.07, 6.45) is 0. The lowest BCUT2D eigenvalue weighted by atomic mass is 10.1. The zero-order chi connectivity index (χ0) is 19.8. The van der Waals surface area contributed by atoms with Crippen molar-refractivity contribution in [2.45, 2.75) is 20.8 Å². The highest BCUT2D eigenvalue weighted by atomic mass is 35.5. The van der Waals surface area contributed by atoms with E-state index in [1.807, 2.05) is 51.1 Å².